The first-order valence-corrected chi connectivity index (χ1v) is 7.12. The summed E-state index contributed by atoms with van der Waals surface area (Å²) in [5, 5.41) is 3.37. The summed E-state index contributed by atoms with van der Waals surface area (Å²) >= 11 is 3.36. The van der Waals surface area contributed by atoms with E-state index in [1.54, 1.807) is 12.3 Å². The maximum Gasteiger partial charge on any atom is 0.124 e. The lowest BCUT2D eigenvalue weighted by Crippen LogP contribution is -2.24. The molecule has 0 amide bonds. The third-order valence-electron chi connectivity index (χ3n) is 3.08. The van der Waals surface area contributed by atoms with Gasteiger partial charge in [0.2, 0.25) is 0 Å². The van der Waals surface area contributed by atoms with Crippen LogP contribution in [0, 0.1) is 5.82 Å². The summed E-state index contributed by atoms with van der Waals surface area (Å²) in [7, 11) is 0. The fraction of sp³-hybridized carbons (Fsp3) is 0.357. The number of nitrogens with one attached hydrogen (secondary N) is 2. The van der Waals surface area contributed by atoms with Gasteiger partial charge in [-0.25, -0.2) is 9.37 Å². The Labute approximate surface area is 120 Å². The summed E-state index contributed by atoms with van der Waals surface area (Å²) in [6.45, 7) is 4.98. The van der Waals surface area contributed by atoms with E-state index < -0.39 is 0 Å². The Balaban J connectivity index is 2.12. The molecule has 0 fully saturated rings. The number of hydrogen-bond acceptors (Lipinski definition) is 2. The molecule has 0 saturated heterocycles. The molecule has 2 aromatic rings. The maximum absolute atomic E-state index is 13.1. The first kappa shape index (κ1) is 14.2. The quantitative estimate of drug-likeness (QED) is 0.876. The molecule has 1 heterocycles. The monoisotopic (exact) mass is 325 g/mol. The minimum absolute atomic E-state index is 0.256. The van der Waals surface area contributed by atoms with Crippen LogP contribution in [0.1, 0.15) is 26.1 Å². The van der Waals surface area contributed by atoms with Crippen molar-refractivity contribution in [2.45, 2.75) is 32.9 Å². The first-order chi connectivity index (χ1) is 9.10. The number of hydrogen-bond donors (Lipinski definition) is 2. The number of aromatic amines is 1. The molecule has 0 radical (unpaired) electrons. The predicted octanol–water partition coefficient (Wildman–Crippen LogP) is 3.87. The van der Waals surface area contributed by atoms with E-state index in [2.05, 4.69) is 45.1 Å². The largest absolute Gasteiger partial charge is 0.341 e. The highest BCUT2D eigenvalue weighted by atomic mass is 79.9. The first-order valence-electron chi connectivity index (χ1n) is 6.32. The number of rotatable bonds is 5. The highest BCUT2D eigenvalue weighted by Crippen LogP contribution is 2.27. The summed E-state index contributed by atoms with van der Waals surface area (Å²) < 4.78 is 13.8. The Kier molecular flexibility index (Phi) is 4.71. The van der Waals surface area contributed by atoms with Gasteiger partial charge in [0.15, 0.2) is 0 Å². The van der Waals surface area contributed by atoms with Crippen molar-refractivity contribution in [1.29, 1.82) is 0 Å². The molecule has 0 aliphatic rings. The lowest BCUT2D eigenvalue weighted by atomic mass is 10.2. The van der Waals surface area contributed by atoms with Crippen molar-refractivity contribution in [2.75, 3.05) is 0 Å². The highest BCUT2D eigenvalue weighted by Gasteiger charge is 2.08. The van der Waals surface area contributed by atoms with Crippen LogP contribution in [0.5, 0.6) is 0 Å². The van der Waals surface area contributed by atoms with E-state index >= 15 is 0 Å². The van der Waals surface area contributed by atoms with E-state index in [-0.39, 0.29) is 5.82 Å². The Bertz CT molecular complexity index is 553. The van der Waals surface area contributed by atoms with Crippen LogP contribution in [0.2, 0.25) is 0 Å². The number of imidazole rings is 1. The number of nitrogens with zero attached hydrogens (tertiary/aromatic N) is 1. The molecule has 3 nitrogen and oxygen atoms in total. The summed E-state index contributed by atoms with van der Waals surface area (Å²) in [5.41, 5.74) is 1.79. The van der Waals surface area contributed by atoms with Gasteiger partial charge >= 0.3 is 0 Å². The smallest absolute Gasteiger partial charge is 0.124 e. The average Bonchev–Trinajstić information content (AvgIpc) is 2.84. The molecule has 1 atom stereocenters. The van der Waals surface area contributed by atoms with Crippen LogP contribution in [-0.2, 0) is 6.54 Å². The second-order valence-electron chi connectivity index (χ2n) is 4.56. The Morgan fingerprint density at radius 3 is 2.95 bits per heavy atom. The zero-order chi connectivity index (χ0) is 13.8. The number of H-pyrrole nitrogens is 1. The number of aromatic nitrogens is 2. The van der Waals surface area contributed by atoms with Gasteiger partial charge in [0.25, 0.3) is 0 Å². The number of halogens is 2. The molecule has 2 rings (SSSR count). The Morgan fingerprint density at radius 1 is 1.47 bits per heavy atom. The molecule has 0 spiro atoms. The molecule has 0 aliphatic carbocycles. The molecule has 102 valence electrons. The van der Waals surface area contributed by atoms with Crippen molar-refractivity contribution in [3.05, 3.63) is 40.5 Å². The molecular formula is C14H17BrFN3. The number of benzene rings is 1. The van der Waals surface area contributed by atoms with Crippen LogP contribution in [0.15, 0.2) is 28.9 Å². The van der Waals surface area contributed by atoms with E-state index in [0.717, 1.165) is 28.0 Å². The van der Waals surface area contributed by atoms with Crippen LogP contribution in [-0.4, -0.2) is 16.0 Å². The summed E-state index contributed by atoms with van der Waals surface area (Å²) in [4.78, 5) is 7.57. The minimum Gasteiger partial charge on any atom is -0.341 e. The van der Waals surface area contributed by atoms with E-state index in [4.69, 9.17) is 0 Å². The van der Waals surface area contributed by atoms with Crippen molar-refractivity contribution < 1.29 is 4.39 Å². The minimum atomic E-state index is -0.256. The molecule has 0 bridgehead atoms. The second kappa shape index (κ2) is 6.30. The molecule has 0 saturated carbocycles. The molecule has 1 aromatic carbocycles. The zero-order valence-electron chi connectivity index (χ0n) is 11.0. The SMILES string of the molecule is CCC(C)NCc1ncc(-c2ccc(F)cc2Br)[nH]1. The van der Waals surface area contributed by atoms with Gasteiger partial charge in [0.05, 0.1) is 18.4 Å². The second-order valence-corrected chi connectivity index (χ2v) is 5.41. The van der Waals surface area contributed by atoms with Gasteiger partial charge in [-0.3, -0.25) is 0 Å². The summed E-state index contributed by atoms with van der Waals surface area (Å²) in [5.74, 6) is 0.625. The van der Waals surface area contributed by atoms with Gasteiger partial charge in [-0.15, -0.1) is 0 Å². The van der Waals surface area contributed by atoms with E-state index in [1.807, 2.05) is 0 Å². The van der Waals surface area contributed by atoms with Gasteiger partial charge in [-0.1, -0.05) is 6.92 Å². The topological polar surface area (TPSA) is 40.7 Å². The van der Waals surface area contributed by atoms with Crippen molar-refractivity contribution in [3.8, 4) is 11.3 Å². The van der Waals surface area contributed by atoms with Crippen LogP contribution < -0.4 is 5.32 Å². The van der Waals surface area contributed by atoms with Crippen LogP contribution >= 0.6 is 15.9 Å². The molecule has 5 heteroatoms. The maximum atomic E-state index is 13.1. The van der Waals surface area contributed by atoms with Crippen molar-refractivity contribution >= 4 is 15.9 Å². The summed E-state index contributed by atoms with van der Waals surface area (Å²) in [6.07, 6.45) is 2.85. The Hall–Kier alpha value is -1.20. The third-order valence-corrected chi connectivity index (χ3v) is 3.74. The van der Waals surface area contributed by atoms with Gasteiger partial charge in [0.1, 0.15) is 11.6 Å². The fourth-order valence-electron chi connectivity index (χ4n) is 1.71. The highest BCUT2D eigenvalue weighted by molar-refractivity contribution is 9.10. The van der Waals surface area contributed by atoms with Gasteiger partial charge in [-0.2, -0.15) is 0 Å². The fourth-order valence-corrected chi connectivity index (χ4v) is 2.28. The van der Waals surface area contributed by atoms with Crippen LogP contribution in [0.3, 0.4) is 0 Å². The van der Waals surface area contributed by atoms with E-state index in [0.29, 0.717) is 12.6 Å². The molecule has 1 unspecified atom stereocenters. The average molecular weight is 326 g/mol. The van der Waals surface area contributed by atoms with Gasteiger partial charge in [0, 0.05) is 16.1 Å². The van der Waals surface area contributed by atoms with Crippen molar-refractivity contribution in [1.82, 2.24) is 15.3 Å². The predicted molar refractivity (Wildman–Crippen MR) is 78.3 cm³/mol. The van der Waals surface area contributed by atoms with Crippen LogP contribution in [0.25, 0.3) is 11.3 Å². The lowest BCUT2D eigenvalue weighted by Gasteiger charge is -2.09. The molecule has 2 N–H and O–H groups in total. The third kappa shape index (κ3) is 3.64. The van der Waals surface area contributed by atoms with E-state index in [1.165, 1.54) is 12.1 Å². The van der Waals surface area contributed by atoms with Gasteiger partial charge < -0.3 is 10.3 Å². The lowest BCUT2D eigenvalue weighted by molar-refractivity contribution is 0.525. The molecule has 0 aliphatic heterocycles. The molecular weight excluding hydrogens is 309 g/mol. The standard InChI is InChI=1S/C14H17BrFN3/c1-3-9(2)17-8-14-18-7-13(19-14)11-5-4-10(16)6-12(11)15/h4-7,9,17H,3,8H2,1-2H3,(H,18,19). The van der Waals surface area contributed by atoms with Crippen molar-refractivity contribution in [3.63, 3.8) is 0 Å². The summed E-state index contributed by atoms with van der Waals surface area (Å²) in [6, 6.07) is 5.09. The normalized spacial score (nSPS) is 12.6. The molecule has 19 heavy (non-hydrogen) atoms. The Morgan fingerprint density at radius 2 is 2.26 bits per heavy atom. The van der Waals surface area contributed by atoms with Gasteiger partial charge in [-0.05, 0) is 47.5 Å². The van der Waals surface area contributed by atoms with E-state index in [9.17, 15) is 4.39 Å². The molecule has 1 aromatic heterocycles. The van der Waals surface area contributed by atoms with Crippen molar-refractivity contribution in [2.24, 2.45) is 0 Å². The zero-order valence-corrected chi connectivity index (χ0v) is 12.6. The van der Waals surface area contributed by atoms with Crippen LogP contribution in [0.4, 0.5) is 4.39 Å².